The number of rotatable bonds is 3. The van der Waals surface area contributed by atoms with Gasteiger partial charge in [0.15, 0.2) is 5.82 Å². The van der Waals surface area contributed by atoms with E-state index in [1.165, 1.54) is 19.3 Å². The third-order valence-corrected chi connectivity index (χ3v) is 4.61. The Bertz CT molecular complexity index is 663. The van der Waals surface area contributed by atoms with Crippen molar-refractivity contribution in [3.8, 4) is 11.5 Å². The quantitative estimate of drug-likeness (QED) is 0.846. The van der Waals surface area contributed by atoms with Crippen LogP contribution < -0.4 is 4.90 Å². The van der Waals surface area contributed by atoms with Crippen LogP contribution in [-0.2, 0) is 0 Å². The van der Waals surface area contributed by atoms with Crippen molar-refractivity contribution in [2.45, 2.75) is 52.9 Å². The lowest BCUT2D eigenvalue weighted by Gasteiger charge is -2.24. The SMILES string of the molecule is CC(C)c1noc(-c2ccnc(N3CCCC(C)(C)CC3)c2)n1. The van der Waals surface area contributed by atoms with Crippen molar-refractivity contribution in [3.63, 3.8) is 0 Å². The van der Waals surface area contributed by atoms with Crippen LogP contribution in [0.4, 0.5) is 5.82 Å². The normalized spacial score (nSPS) is 18.2. The molecule has 23 heavy (non-hydrogen) atoms. The number of anilines is 1. The highest BCUT2D eigenvalue weighted by Gasteiger charge is 2.24. The zero-order valence-corrected chi connectivity index (χ0v) is 14.5. The largest absolute Gasteiger partial charge is 0.357 e. The molecule has 0 amide bonds. The summed E-state index contributed by atoms with van der Waals surface area (Å²) in [6, 6.07) is 4.00. The summed E-state index contributed by atoms with van der Waals surface area (Å²) in [5.41, 5.74) is 1.36. The van der Waals surface area contributed by atoms with Crippen LogP contribution in [-0.4, -0.2) is 28.2 Å². The maximum atomic E-state index is 5.40. The molecule has 1 saturated heterocycles. The Morgan fingerprint density at radius 3 is 2.78 bits per heavy atom. The van der Waals surface area contributed by atoms with E-state index < -0.39 is 0 Å². The minimum atomic E-state index is 0.265. The van der Waals surface area contributed by atoms with Gasteiger partial charge in [0, 0.05) is 30.8 Å². The fraction of sp³-hybridized carbons (Fsp3) is 0.611. The van der Waals surface area contributed by atoms with Crippen molar-refractivity contribution in [2.24, 2.45) is 5.41 Å². The second-order valence-electron chi connectivity index (χ2n) is 7.52. The van der Waals surface area contributed by atoms with Gasteiger partial charge in [0.05, 0.1) is 0 Å². The molecule has 0 aliphatic carbocycles. The van der Waals surface area contributed by atoms with Gasteiger partial charge in [0.25, 0.3) is 5.89 Å². The first-order valence-electron chi connectivity index (χ1n) is 8.50. The van der Waals surface area contributed by atoms with Gasteiger partial charge in [-0.3, -0.25) is 0 Å². The molecule has 3 heterocycles. The summed E-state index contributed by atoms with van der Waals surface area (Å²) >= 11 is 0. The van der Waals surface area contributed by atoms with Crippen LogP contribution in [0.15, 0.2) is 22.9 Å². The zero-order valence-electron chi connectivity index (χ0n) is 14.5. The molecule has 2 aromatic rings. The molecule has 0 atom stereocenters. The van der Waals surface area contributed by atoms with E-state index in [4.69, 9.17) is 4.52 Å². The van der Waals surface area contributed by atoms with Gasteiger partial charge < -0.3 is 9.42 Å². The molecular weight excluding hydrogens is 288 g/mol. The van der Waals surface area contributed by atoms with Crippen molar-refractivity contribution in [2.75, 3.05) is 18.0 Å². The first kappa shape index (κ1) is 16.0. The average molecular weight is 314 g/mol. The summed E-state index contributed by atoms with van der Waals surface area (Å²) < 4.78 is 5.40. The minimum absolute atomic E-state index is 0.265. The molecule has 0 N–H and O–H groups in total. The van der Waals surface area contributed by atoms with Gasteiger partial charge in [0.1, 0.15) is 5.82 Å². The van der Waals surface area contributed by atoms with Crippen LogP contribution in [0.25, 0.3) is 11.5 Å². The van der Waals surface area contributed by atoms with E-state index in [2.05, 4.69) is 53.8 Å². The molecule has 0 spiro atoms. The predicted molar refractivity (Wildman–Crippen MR) is 91.5 cm³/mol. The van der Waals surface area contributed by atoms with Gasteiger partial charge in [-0.15, -0.1) is 0 Å². The number of aromatic nitrogens is 3. The predicted octanol–water partition coefficient (Wildman–Crippen LogP) is 4.27. The molecule has 0 aromatic carbocycles. The van der Waals surface area contributed by atoms with Crippen LogP contribution in [0, 0.1) is 5.41 Å². The van der Waals surface area contributed by atoms with Gasteiger partial charge in [-0.25, -0.2) is 4.98 Å². The third-order valence-electron chi connectivity index (χ3n) is 4.61. The van der Waals surface area contributed by atoms with Crippen LogP contribution in [0.5, 0.6) is 0 Å². The maximum Gasteiger partial charge on any atom is 0.258 e. The number of hydrogen-bond acceptors (Lipinski definition) is 5. The monoisotopic (exact) mass is 314 g/mol. The van der Waals surface area contributed by atoms with Gasteiger partial charge in [-0.1, -0.05) is 32.9 Å². The van der Waals surface area contributed by atoms with E-state index in [9.17, 15) is 0 Å². The Balaban J connectivity index is 1.82. The van der Waals surface area contributed by atoms with Crippen molar-refractivity contribution >= 4 is 5.82 Å². The van der Waals surface area contributed by atoms with Crippen LogP contribution in [0.1, 0.15) is 58.7 Å². The molecule has 0 bridgehead atoms. The molecule has 0 saturated carbocycles. The highest BCUT2D eigenvalue weighted by atomic mass is 16.5. The van der Waals surface area contributed by atoms with Crippen LogP contribution >= 0.6 is 0 Å². The Morgan fingerprint density at radius 2 is 2.04 bits per heavy atom. The number of hydrogen-bond donors (Lipinski definition) is 0. The Kier molecular flexibility index (Phi) is 4.37. The molecule has 3 rings (SSSR count). The number of nitrogens with zero attached hydrogens (tertiary/aromatic N) is 4. The van der Waals surface area contributed by atoms with Gasteiger partial charge in [0.2, 0.25) is 0 Å². The Hall–Kier alpha value is -1.91. The van der Waals surface area contributed by atoms with Gasteiger partial charge in [-0.2, -0.15) is 4.98 Å². The molecule has 5 nitrogen and oxygen atoms in total. The molecule has 1 fully saturated rings. The summed E-state index contributed by atoms with van der Waals surface area (Å²) in [7, 11) is 0. The first-order chi connectivity index (χ1) is 10.9. The lowest BCUT2D eigenvalue weighted by Crippen LogP contribution is -2.25. The van der Waals surface area contributed by atoms with Crippen molar-refractivity contribution in [3.05, 3.63) is 24.2 Å². The van der Waals surface area contributed by atoms with Crippen LogP contribution in [0.3, 0.4) is 0 Å². The molecule has 1 aliphatic rings. The highest BCUT2D eigenvalue weighted by Crippen LogP contribution is 2.32. The van der Waals surface area contributed by atoms with E-state index >= 15 is 0 Å². The van der Waals surface area contributed by atoms with E-state index in [0.29, 0.717) is 11.3 Å². The van der Waals surface area contributed by atoms with Crippen LogP contribution in [0.2, 0.25) is 0 Å². The summed E-state index contributed by atoms with van der Waals surface area (Å²) in [4.78, 5) is 11.4. The van der Waals surface area contributed by atoms with Gasteiger partial charge in [-0.05, 0) is 36.8 Å². The van der Waals surface area contributed by atoms with Gasteiger partial charge >= 0.3 is 0 Å². The molecule has 124 valence electrons. The van der Waals surface area contributed by atoms with E-state index in [0.717, 1.165) is 30.3 Å². The highest BCUT2D eigenvalue weighted by molar-refractivity contribution is 5.58. The topological polar surface area (TPSA) is 55.1 Å². The molecule has 5 heteroatoms. The molecular formula is C18H26N4O. The first-order valence-corrected chi connectivity index (χ1v) is 8.50. The second kappa shape index (κ2) is 6.30. The molecule has 2 aromatic heterocycles. The smallest absolute Gasteiger partial charge is 0.258 e. The maximum absolute atomic E-state index is 5.40. The summed E-state index contributed by atoms with van der Waals surface area (Å²) in [6.45, 7) is 10.9. The van der Waals surface area contributed by atoms with E-state index in [1.807, 2.05) is 12.3 Å². The molecule has 0 radical (unpaired) electrons. The Morgan fingerprint density at radius 1 is 1.22 bits per heavy atom. The summed E-state index contributed by atoms with van der Waals surface area (Å²) in [5.74, 6) is 2.59. The third kappa shape index (κ3) is 3.71. The van der Waals surface area contributed by atoms with E-state index in [-0.39, 0.29) is 5.92 Å². The second-order valence-corrected chi connectivity index (χ2v) is 7.52. The average Bonchev–Trinajstić information content (AvgIpc) is 2.94. The molecule has 0 unspecified atom stereocenters. The van der Waals surface area contributed by atoms with Crippen molar-refractivity contribution in [1.82, 2.24) is 15.1 Å². The van der Waals surface area contributed by atoms with E-state index in [1.54, 1.807) is 0 Å². The Labute approximate surface area is 138 Å². The lowest BCUT2D eigenvalue weighted by atomic mass is 9.85. The summed E-state index contributed by atoms with van der Waals surface area (Å²) in [5, 5.41) is 4.05. The minimum Gasteiger partial charge on any atom is -0.357 e. The fourth-order valence-electron chi connectivity index (χ4n) is 2.96. The lowest BCUT2D eigenvalue weighted by molar-refractivity contribution is 0.325. The summed E-state index contributed by atoms with van der Waals surface area (Å²) in [6.07, 6.45) is 5.50. The zero-order chi connectivity index (χ0) is 16.4. The van der Waals surface area contributed by atoms with Crippen molar-refractivity contribution < 1.29 is 4.52 Å². The molecule has 1 aliphatic heterocycles. The fourth-order valence-corrected chi connectivity index (χ4v) is 2.96. The number of pyridine rings is 1. The van der Waals surface area contributed by atoms with Crippen molar-refractivity contribution in [1.29, 1.82) is 0 Å². The standard InChI is InChI=1S/C18H26N4O/c1-13(2)16-20-17(23-21-16)14-6-9-19-15(12-14)22-10-5-7-18(3,4)8-11-22/h6,9,12-13H,5,7-8,10-11H2,1-4H3.